The number of anilines is 1. The van der Waals surface area contributed by atoms with E-state index in [1.54, 1.807) is 12.1 Å². The molecule has 1 aliphatic heterocycles. The van der Waals surface area contributed by atoms with Gasteiger partial charge in [0.2, 0.25) is 5.91 Å². The van der Waals surface area contributed by atoms with Crippen LogP contribution < -0.4 is 5.32 Å². The quantitative estimate of drug-likeness (QED) is 0.600. The molecule has 2 bridgehead atoms. The maximum Gasteiger partial charge on any atom is 0.310 e. The molecular weight excluding hydrogens is 393 g/mol. The lowest BCUT2D eigenvalue weighted by Crippen LogP contribution is -2.35. The van der Waals surface area contributed by atoms with Gasteiger partial charge in [0, 0.05) is 10.4 Å². The van der Waals surface area contributed by atoms with E-state index in [0.717, 1.165) is 12.8 Å². The van der Waals surface area contributed by atoms with E-state index in [-0.39, 0.29) is 41.7 Å². The third-order valence-corrected chi connectivity index (χ3v) is 6.85. The zero-order valence-corrected chi connectivity index (χ0v) is 14.4. The Morgan fingerprint density at radius 3 is 2.82 bits per heavy atom. The number of carbonyl (C=O) groups excluding carboxylic acids is 2. The molecule has 1 aromatic carbocycles. The van der Waals surface area contributed by atoms with Crippen molar-refractivity contribution in [3.05, 3.63) is 26.7 Å². The summed E-state index contributed by atoms with van der Waals surface area (Å²) < 4.78 is 6.02. The molecule has 3 aliphatic rings. The van der Waals surface area contributed by atoms with Gasteiger partial charge in [-0.25, -0.2) is 0 Å². The average molecular weight is 405 g/mol. The Bertz CT molecular complexity index is 694. The first-order valence-corrected chi connectivity index (χ1v) is 8.67. The number of ether oxygens (including phenoxy) is 1. The van der Waals surface area contributed by atoms with Crippen LogP contribution in [0.3, 0.4) is 0 Å². The van der Waals surface area contributed by atoms with E-state index >= 15 is 0 Å². The Kier molecular flexibility index (Phi) is 3.44. The van der Waals surface area contributed by atoms with Gasteiger partial charge in [0.1, 0.15) is 6.10 Å². The number of rotatable bonds is 2. The summed E-state index contributed by atoms with van der Waals surface area (Å²) in [5.74, 6) is -0.596. The van der Waals surface area contributed by atoms with Gasteiger partial charge in [-0.1, -0.05) is 23.2 Å². The van der Waals surface area contributed by atoms with Crippen LogP contribution in [0.15, 0.2) is 16.6 Å². The highest BCUT2D eigenvalue weighted by atomic mass is 79.9. The van der Waals surface area contributed by atoms with Crippen molar-refractivity contribution in [1.82, 2.24) is 0 Å². The molecule has 0 spiro atoms. The minimum Gasteiger partial charge on any atom is -0.462 e. The number of esters is 1. The third-order valence-electron chi connectivity index (χ3n) is 5.08. The van der Waals surface area contributed by atoms with Crippen molar-refractivity contribution in [2.24, 2.45) is 23.7 Å². The van der Waals surface area contributed by atoms with Gasteiger partial charge in [-0.15, -0.1) is 0 Å². The molecule has 1 N–H and O–H groups in total. The van der Waals surface area contributed by atoms with E-state index < -0.39 is 0 Å². The van der Waals surface area contributed by atoms with E-state index in [4.69, 9.17) is 27.9 Å². The first-order chi connectivity index (χ1) is 10.5. The Labute approximate surface area is 145 Å². The van der Waals surface area contributed by atoms with E-state index in [1.807, 2.05) is 0 Å². The van der Waals surface area contributed by atoms with Crippen LogP contribution in [0.5, 0.6) is 0 Å². The maximum absolute atomic E-state index is 12.7. The van der Waals surface area contributed by atoms with E-state index in [0.29, 0.717) is 20.2 Å². The van der Waals surface area contributed by atoms with Gasteiger partial charge in [-0.3, -0.25) is 9.59 Å². The molecule has 5 atom stereocenters. The van der Waals surface area contributed by atoms with Crippen molar-refractivity contribution < 1.29 is 14.3 Å². The number of fused-ring (bicyclic) bond motifs is 1. The molecule has 0 aromatic heterocycles. The summed E-state index contributed by atoms with van der Waals surface area (Å²) in [6.45, 7) is 0. The molecule has 1 saturated heterocycles. The Morgan fingerprint density at radius 1 is 1.27 bits per heavy atom. The second-order valence-corrected chi connectivity index (χ2v) is 7.74. The highest BCUT2D eigenvalue weighted by Crippen LogP contribution is 2.57. The summed E-state index contributed by atoms with van der Waals surface area (Å²) in [6.07, 6.45) is 1.71. The first kappa shape index (κ1) is 14.8. The largest absolute Gasteiger partial charge is 0.462 e. The van der Waals surface area contributed by atoms with Crippen LogP contribution in [0.4, 0.5) is 5.69 Å². The lowest BCUT2D eigenvalue weighted by atomic mass is 9.79. The van der Waals surface area contributed by atoms with Crippen LogP contribution in [0.1, 0.15) is 12.8 Å². The zero-order valence-electron chi connectivity index (χ0n) is 11.3. The molecule has 2 saturated carbocycles. The van der Waals surface area contributed by atoms with Gasteiger partial charge in [-0.05, 0) is 46.8 Å². The van der Waals surface area contributed by atoms with Gasteiger partial charge < -0.3 is 10.1 Å². The molecule has 2 aliphatic carbocycles. The standard InChI is InChI=1S/C15H12BrCl2NO3/c16-7-1-2-8(13(18)12(7)17)19-14(20)10-5-3-6-9(4-5)22-15(21)11(6)10/h1-2,5-6,9-11H,3-4H2,(H,19,20). The number of carbonyl (C=O) groups is 2. The summed E-state index contributed by atoms with van der Waals surface area (Å²) >= 11 is 15.5. The Balaban J connectivity index is 1.59. The second-order valence-electron chi connectivity index (χ2n) is 6.13. The lowest BCUT2D eigenvalue weighted by Gasteiger charge is -2.23. The number of benzene rings is 1. The molecule has 116 valence electrons. The first-order valence-electron chi connectivity index (χ1n) is 7.12. The fraction of sp³-hybridized carbons (Fsp3) is 0.467. The van der Waals surface area contributed by atoms with Crippen molar-refractivity contribution >= 4 is 56.7 Å². The van der Waals surface area contributed by atoms with Crippen LogP contribution in [0, 0.1) is 23.7 Å². The fourth-order valence-electron chi connectivity index (χ4n) is 4.20. The van der Waals surface area contributed by atoms with Gasteiger partial charge in [0.25, 0.3) is 0 Å². The van der Waals surface area contributed by atoms with Gasteiger partial charge in [0.15, 0.2) is 0 Å². The predicted molar refractivity (Wildman–Crippen MR) is 85.9 cm³/mol. The summed E-state index contributed by atoms with van der Waals surface area (Å²) in [4.78, 5) is 24.6. The molecule has 1 amide bonds. The normalized spacial score (nSPS) is 34.9. The van der Waals surface area contributed by atoms with Crippen LogP contribution in [0.25, 0.3) is 0 Å². The van der Waals surface area contributed by atoms with E-state index in [2.05, 4.69) is 21.2 Å². The summed E-state index contributed by atoms with van der Waals surface area (Å²) in [5, 5.41) is 3.47. The number of amides is 1. The van der Waals surface area contributed by atoms with Crippen LogP contribution in [-0.4, -0.2) is 18.0 Å². The molecule has 0 radical (unpaired) electrons. The number of hydrogen-bond acceptors (Lipinski definition) is 3. The second kappa shape index (κ2) is 5.11. The van der Waals surface area contributed by atoms with Crippen LogP contribution in [-0.2, 0) is 14.3 Å². The number of halogens is 3. The van der Waals surface area contributed by atoms with Gasteiger partial charge in [-0.2, -0.15) is 0 Å². The molecule has 4 nitrogen and oxygen atoms in total. The molecule has 4 rings (SSSR count). The van der Waals surface area contributed by atoms with Crippen molar-refractivity contribution in [2.75, 3.05) is 5.32 Å². The number of nitrogens with one attached hydrogen (secondary N) is 1. The van der Waals surface area contributed by atoms with Crippen molar-refractivity contribution in [3.63, 3.8) is 0 Å². The molecule has 5 unspecified atom stereocenters. The number of hydrogen-bond donors (Lipinski definition) is 1. The monoisotopic (exact) mass is 403 g/mol. The molecule has 1 heterocycles. The van der Waals surface area contributed by atoms with Crippen LogP contribution >= 0.6 is 39.1 Å². The SMILES string of the molecule is O=C(Nc1ccc(Br)c(Cl)c1Cl)C1C2CC3OC(=O)C1C3C2. The average Bonchev–Trinajstić information content (AvgIpc) is 3.09. The molecule has 7 heteroatoms. The summed E-state index contributed by atoms with van der Waals surface area (Å²) in [7, 11) is 0. The zero-order chi connectivity index (χ0) is 15.6. The summed E-state index contributed by atoms with van der Waals surface area (Å²) in [6, 6.07) is 3.42. The minimum atomic E-state index is -0.324. The molecule has 3 fully saturated rings. The smallest absolute Gasteiger partial charge is 0.310 e. The van der Waals surface area contributed by atoms with Gasteiger partial charge in [0.05, 0.1) is 27.6 Å². The van der Waals surface area contributed by atoms with E-state index in [1.165, 1.54) is 0 Å². The minimum absolute atomic E-state index is 0.0252. The topological polar surface area (TPSA) is 55.4 Å². The highest BCUT2D eigenvalue weighted by Gasteiger charge is 2.63. The summed E-state index contributed by atoms with van der Waals surface area (Å²) in [5.41, 5.74) is 0.463. The lowest BCUT2D eigenvalue weighted by molar-refractivity contribution is -0.145. The highest BCUT2D eigenvalue weighted by molar-refractivity contribution is 9.10. The van der Waals surface area contributed by atoms with Crippen molar-refractivity contribution in [2.45, 2.75) is 18.9 Å². The molecular formula is C15H12BrCl2NO3. The van der Waals surface area contributed by atoms with E-state index in [9.17, 15) is 9.59 Å². The van der Waals surface area contributed by atoms with Gasteiger partial charge >= 0.3 is 5.97 Å². The Morgan fingerprint density at radius 2 is 2.05 bits per heavy atom. The van der Waals surface area contributed by atoms with Crippen molar-refractivity contribution in [3.8, 4) is 0 Å². The maximum atomic E-state index is 12.7. The van der Waals surface area contributed by atoms with Crippen molar-refractivity contribution in [1.29, 1.82) is 0 Å². The third kappa shape index (κ3) is 2.02. The Hall–Kier alpha value is -0.780. The predicted octanol–water partition coefficient (Wildman–Crippen LogP) is 3.89. The fourth-order valence-corrected chi connectivity index (χ4v) is 5.02. The molecule has 1 aromatic rings. The van der Waals surface area contributed by atoms with Crippen LogP contribution in [0.2, 0.25) is 10.0 Å². The molecule has 22 heavy (non-hydrogen) atoms.